The van der Waals surface area contributed by atoms with Gasteiger partial charge in [-0.25, -0.2) is 4.79 Å². The lowest BCUT2D eigenvalue weighted by Gasteiger charge is -2.14. The highest BCUT2D eigenvalue weighted by atomic mass is 16.6. The highest BCUT2D eigenvalue weighted by molar-refractivity contribution is 6.04. The van der Waals surface area contributed by atoms with Crippen LogP contribution in [0.25, 0.3) is 17.2 Å². The molecule has 3 rings (SSSR count). The van der Waals surface area contributed by atoms with Gasteiger partial charge >= 0.3 is 5.97 Å². The van der Waals surface area contributed by atoms with E-state index in [-0.39, 0.29) is 17.0 Å². The molecule has 1 amide bonds. The van der Waals surface area contributed by atoms with Crippen molar-refractivity contribution in [3.8, 4) is 34.1 Å². The van der Waals surface area contributed by atoms with Crippen molar-refractivity contribution in [1.82, 2.24) is 0 Å². The first-order valence-corrected chi connectivity index (χ1v) is 11.2. The number of carboxylic acids is 1. The second-order valence-corrected chi connectivity index (χ2v) is 7.89. The molecule has 0 spiro atoms. The van der Waals surface area contributed by atoms with Crippen LogP contribution in [0.2, 0.25) is 0 Å². The quantitative estimate of drug-likeness (QED) is 0.192. The van der Waals surface area contributed by atoms with Crippen molar-refractivity contribution in [1.29, 1.82) is 0 Å². The van der Waals surface area contributed by atoms with Crippen molar-refractivity contribution in [2.24, 2.45) is 0 Å². The summed E-state index contributed by atoms with van der Waals surface area (Å²) in [5.41, 5.74) is -2.23. The number of nitro groups is 2. The Bertz CT molecular complexity index is 1470. The van der Waals surface area contributed by atoms with Crippen LogP contribution in [0.5, 0.6) is 23.0 Å². The summed E-state index contributed by atoms with van der Waals surface area (Å²) in [6.07, 6.45) is 2.63. The number of nitro benzene ring substituents is 2. The van der Waals surface area contributed by atoms with Gasteiger partial charge in [0.05, 0.1) is 61.0 Å². The van der Waals surface area contributed by atoms with Gasteiger partial charge in [-0.2, -0.15) is 0 Å². The number of anilines is 1. The molecule has 0 bridgehead atoms. The summed E-state index contributed by atoms with van der Waals surface area (Å²) in [6.45, 7) is 0. The molecule has 0 aromatic heterocycles. The van der Waals surface area contributed by atoms with Gasteiger partial charge in [0.1, 0.15) is 23.0 Å². The Kier molecular flexibility index (Phi) is 8.86. The van der Waals surface area contributed by atoms with Crippen molar-refractivity contribution in [2.75, 3.05) is 33.8 Å². The zero-order chi connectivity index (χ0) is 29.6. The van der Waals surface area contributed by atoms with Gasteiger partial charge < -0.3 is 29.4 Å². The fraction of sp³-hybridized carbons (Fsp3) is 0.154. The van der Waals surface area contributed by atoms with Crippen molar-refractivity contribution in [3.05, 3.63) is 79.9 Å². The van der Waals surface area contributed by atoms with E-state index in [0.29, 0.717) is 34.9 Å². The Morgan fingerprint density at radius 2 is 1.48 bits per heavy atom. The highest BCUT2D eigenvalue weighted by Gasteiger charge is 2.30. The minimum Gasteiger partial charge on any atom is -0.496 e. The molecule has 3 aromatic rings. The topological polar surface area (TPSA) is 190 Å². The molecule has 14 nitrogen and oxygen atoms in total. The van der Waals surface area contributed by atoms with Gasteiger partial charge in [0.2, 0.25) is 5.91 Å². The number of nitrogens with one attached hydrogen (secondary N) is 1. The van der Waals surface area contributed by atoms with E-state index in [9.17, 15) is 34.9 Å². The van der Waals surface area contributed by atoms with Crippen LogP contribution in [0.3, 0.4) is 0 Å². The third kappa shape index (κ3) is 6.07. The maximum atomic E-state index is 12.8. The number of rotatable bonds is 11. The first-order valence-electron chi connectivity index (χ1n) is 11.2. The van der Waals surface area contributed by atoms with Gasteiger partial charge in [0.15, 0.2) is 0 Å². The van der Waals surface area contributed by atoms with Gasteiger partial charge in [0.25, 0.3) is 11.4 Å². The van der Waals surface area contributed by atoms with Crippen LogP contribution in [0.4, 0.5) is 17.1 Å². The average molecular weight is 553 g/mol. The van der Waals surface area contributed by atoms with Crippen molar-refractivity contribution in [2.45, 2.75) is 0 Å². The number of ether oxygens (including phenoxy) is 4. The smallest absolute Gasteiger partial charge is 0.336 e. The maximum Gasteiger partial charge on any atom is 0.336 e. The molecular weight excluding hydrogens is 530 g/mol. The van der Waals surface area contributed by atoms with Crippen LogP contribution >= 0.6 is 0 Å². The number of benzene rings is 3. The lowest BCUT2D eigenvalue weighted by molar-refractivity contribution is -0.393. The number of carbonyl (C=O) groups excluding carboxylic acids is 1. The third-order valence-corrected chi connectivity index (χ3v) is 5.63. The molecular formula is C26H23N3O11. The number of nitrogens with zero attached hydrogens (tertiary/aromatic N) is 2. The summed E-state index contributed by atoms with van der Waals surface area (Å²) in [5, 5.41) is 35.4. The molecule has 208 valence electrons. The van der Waals surface area contributed by atoms with Gasteiger partial charge in [-0.15, -0.1) is 0 Å². The molecule has 2 N–H and O–H groups in total. The number of aromatic carboxylic acids is 1. The Labute approximate surface area is 226 Å². The molecule has 0 fully saturated rings. The van der Waals surface area contributed by atoms with Crippen LogP contribution in [0.15, 0.2) is 48.5 Å². The normalized spacial score (nSPS) is 10.6. The number of methoxy groups -OCH3 is 4. The minimum absolute atomic E-state index is 0.0284. The first-order chi connectivity index (χ1) is 19.0. The summed E-state index contributed by atoms with van der Waals surface area (Å²) in [4.78, 5) is 46.0. The van der Waals surface area contributed by atoms with Crippen LogP contribution in [0.1, 0.15) is 15.9 Å². The lowest BCUT2D eigenvalue weighted by atomic mass is 9.95. The second-order valence-electron chi connectivity index (χ2n) is 7.89. The van der Waals surface area contributed by atoms with Crippen LogP contribution < -0.4 is 24.3 Å². The van der Waals surface area contributed by atoms with E-state index in [1.807, 2.05) is 0 Å². The Balaban J connectivity index is 2.07. The molecule has 14 heteroatoms. The fourth-order valence-electron chi connectivity index (χ4n) is 3.83. The molecule has 0 saturated heterocycles. The van der Waals surface area contributed by atoms with Crippen molar-refractivity contribution < 1.29 is 43.5 Å². The van der Waals surface area contributed by atoms with E-state index >= 15 is 0 Å². The van der Waals surface area contributed by atoms with Gasteiger partial charge in [-0.1, -0.05) is 0 Å². The first kappa shape index (κ1) is 28.9. The lowest BCUT2D eigenvalue weighted by Crippen LogP contribution is -2.09. The summed E-state index contributed by atoms with van der Waals surface area (Å²) >= 11 is 0. The molecule has 40 heavy (non-hydrogen) atoms. The second kappa shape index (κ2) is 12.3. The Morgan fingerprint density at radius 3 is 1.98 bits per heavy atom. The number of carboxylic acid groups (broad SMARTS) is 1. The fourth-order valence-corrected chi connectivity index (χ4v) is 3.83. The maximum absolute atomic E-state index is 12.8. The monoisotopic (exact) mass is 553 g/mol. The predicted molar refractivity (Wildman–Crippen MR) is 142 cm³/mol. The molecule has 0 unspecified atom stereocenters. The number of carbonyl (C=O) groups is 2. The zero-order valence-corrected chi connectivity index (χ0v) is 21.6. The van der Waals surface area contributed by atoms with Crippen molar-refractivity contribution >= 4 is 35.0 Å². The summed E-state index contributed by atoms with van der Waals surface area (Å²) in [7, 11) is 5.61. The number of amides is 1. The van der Waals surface area contributed by atoms with E-state index in [1.165, 1.54) is 58.8 Å². The van der Waals surface area contributed by atoms with Gasteiger partial charge in [-0.3, -0.25) is 25.0 Å². The van der Waals surface area contributed by atoms with E-state index in [4.69, 9.17) is 18.9 Å². The van der Waals surface area contributed by atoms with E-state index in [1.54, 1.807) is 12.1 Å². The summed E-state index contributed by atoms with van der Waals surface area (Å²) in [5.74, 6) is -1.00. The standard InChI is InChI=1S/C26H23N3O11/c1-37-16-12-22(39-3)17(23(13-16)40-4)6-8-24(30)27-14-5-7-21(38-2)18(9-14)25-19(26(31)32)10-15(28(33)34)11-20(25)29(35)36/h5-13H,1-4H3,(H,27,30)(H,31,32). The molecule has 0 aliphatic carbocycles. The Morgan fingerprint density at radius 1 is 0.850 bits per heavy atom. The molecule has 3 aromatic carbocycles. The van der Waals surface area contributed by atoms with E-state index < -0.39 is 44.2 Å². The zero-order valence-electron chi connectivity index (χ0n) is 21.6. The van der Waals surface area contributed by atoms with E-state index in [0.717, 1.165) is 0 Å². The predicted octanol–water partition coefficient (Wildman–Crippen LogP) is 4.55. The number of hydrogen-bond acceptors (Lipinski definition) is 10. The van der Waals surface area contributed by atoms with Crippen molar-refractivity contribution in [3.63, 3.8) is 0 Å². The average Bonchev–Trinajstić information content (AvgIpc) is 2.94. The largest absolute Gasteiger partial charge is 0.496 e. The van der Waals surface area contributed by atoms with Crippen LogP contribution in [-0.2, 0) is 4.79 Å². The summed E-state index contributed by atoms with van der Waals surface area (Å²) < 4.78 is 21.2. The van der Waals surface area contributed by atoms with Gasteiger partial charge in [0, 0.05) is 35.5 Å². The molecule has 0 atom stereocenters. The minimum atomic E-state index is -1.64. The van der Waals surface area contributed by atoms with Crippen LogP contribution in [0, 0.1) is 20.2 Å². The Hall–Kier alpha value is -5.66. The molecule has 0 aliphatic rings. The highest BCUT2D eigenvalue weighted by Crippen LogP contribution is 2.42. The SMILES string of the molecule is COc1cc(OC)c(C=CC(=O)Nc2ccc(OC)c(-c3c(C(=O)O)cc([N+](=O)[O-])cc3[N+](=O)[O-])c2)c(OC)c1. The number of non-ortho nitro benzene ring substituents is 1. The van der Waals surface area contributed by atoms with E-state index in [2.05, 4.69) is 5.32 Å². The summed E-state index contributed by atoms with van der Waals surface area (Å²) in [6, 6.07) is 8.64. The molecule has 0 radical (unpaired) electrons. The molecule has 0 aliphatic heterocycles. The third-order valence-electron chi connectivity index (χ3n) is 5.63. The molecule has 0 heterocycles. The van der Waals surface area contributed by atoms with Crippen LogP contribution in [-0.4, -0.2) is 55.3 Å². The van der Waals surface area contributed by atoms with Gasteiger partial charge in [-0.05, 0) is 24.3 Å². The molecule has 0 saturated carbocycles. The number of hydrogen-bond donors (Lipinski definition) is 2.